The second kappa shape index (κ2) is 4.01. The van der Waals surface area contributed by atoms with Crippen molar-refractivity contribution >= 4 is 21.4 Å². The van der Waals surface area contributed by atoms with E-state index in [-0.39, 0.29) is 29.1 Å². The summed E-state index contributed by atoms with van der Waals surface area (Å²) in [6.45, 7) is 0. The number of rotatable bonds is 3. The minimum absolute atomic E-state index is 0.0305. The fraction of sp³-hybridized carbons (Fsp3) is 0.400. The van der Waals surface area contributed by atoms with E-state index in [0.29, 0.717) is 0 Å². The van der Waals surface area contributed by atoms with Crippen molar-refractivity contribution in [2.24, 2.45) is 5.14 Å². The maximum Gasteiger partial charge on any atom is 0.411 e. The highest BCUT2D eigenvalue weighted by Gasteiger charge is 2.63. The molecule has 0 atom stereocenters. The molecule has 0 unspecified atom stereocenters. The fourth-order valence-corrected chi connectivity index (χ4v) is 2.22. The zero-order chi connectivity index (χ0) is 14.5. The number of halogens is 3. The maximum absolute atomic E-state index is 12.8. The van der Waals surface area contributed by atoms with Gasteiger partial charge in [-0.3, -0.25) is 0 Å². The average Bonchev–Trinajstić information content (AvgIpc) is 2.99. The Morgan fingerprint density at radius 2 is 1.84 bits per heavy atom. The molecule has 1 aromatic rings. The van der Waals surface area contributed by atoms with Crippen LogP contribution in [0.2, 0.25) is 0 Å². The summed E-state index contributed by atoms with van der Waals surface area (Å²) in [5.41, 5.74) is 3.48. The minimum atomic E-state index is -4.42. The Bertz CT molecular complexity index is 609. The van der Waals surface area contributed by atoms with Crippen molar-refractivity contribution < 1.29 is 21.6 Å². The van der Waals surface area contributed by atoms with Crippen LogP contribution in [-0.4, -0.2) is 20.1 Å². The summed E-state index contributed by atoms with van der Waals surface area (Å²) in [6.07, 6.45) is -4.57. The number of sulfonamides is 1. The molecule has 19 heavy (non-hydrogen) atoms. The predicted octanol–water partition coefficient (Wildman–Crippen LogP) is 1.42. The Kier molecular flexibility index (Phi) is 2.94. The van der Waals surface area contributed by atoms with Crippen molar-refractivity contribution in [2.75, 3.05) is 11.1 Å². The highest BCUT2D eigenvalue weighted by Crippen LogP contribution is 2.51. The number of primary sulfonamides is 1. The van der Waals surface area contributed by atoms with Gasteiger partial charge in [0.05, 0.1) is 16.3 Å². The number of nitrogens with two attached hydrogens (primary N) is 2. The molecule has 2 rings (SSSR count). The summed E-state index contributed by atoms with van der Waals surface area (Å²) in [5.74, 6) is 0. The van der Waals surface area contributed by atoms with Crippen molar-refractivity contribution in [3.63, 3.8) is 0 Å². The third-order valence-corrected chi connectivity index (χ3v) is 3.93. The molecule has 0 spiro atoms. The van der Waals surface area contributed by atoms with Crippen molar-refractivity contribution in [3.05, 3.63) is 18.2 Å². The standard InChI is InChI=1S/C10H12F3N3O2S/c11-10(12,13)9(3-4-9)16-8-5-6(19(15,17)18)1-2-7(8)14/h1-2,5,16H,3-4,14H2,(H2,15,17,18). The van der Waals surface area contributed by atoms with Gasteiger partial charge in [0.25, 0.3) is 0 Å². The van der Waals surface area contributed by atoms with Gasteiger partial charge >= 0.3 is 6.18 Å². The first kappa shape index (κ1) is 13.9. The normalized spacial score (nSPS) is 18.1. The van der Waals surface area contributed by atoms with Crippen LogP contribution in [0.4, 0.5) is 24.5 Å². The fourth-order valence-electron chi connectivity index (χ4n) is 1.68. The van der Waals surface area contributed by atoms with E-state index in [0.717, 1.165) is 12.1 Å². The molecule has 5 N–H and O–H groups in total. The molecule has 0 aromatic heterocycles. The van der Waals surface area contributed by atoms with Crippen LogP contribution in [0.1, 0.15) is 12.8 Å². The van der Waals surface area contributed by atoms with Gasteiger partial charge in [-0.25, -0.2) is 13.6 Å². The Hall–Kier alpha value is -1.48. The minimum Gasteiger partial charge on any atom is -0.397 e. The number of benzene rings is 1. The van der Waals surface area contributed by atoms with Crippen LogP contribution in [0.25, 0.3) is 0 Å². The topological polar surface area (TPSA) is 98.2 Å². The molecule has 0 amide bonds. The first-order valence-corrected chi connectivity index (χ1v) is 6.87. The molecular weight excluding hydrogens is 283 g/mol. The maximum atomic E-state index is 12.8. The highest BCUT2D eigenvalue weighted by molar-refractivity contribution is 7.89. The molecule has 1 aromatic carbocycles. The molecule has 1 saturated carbocycles. The van der Waals surface area contributed by atoms with Crippen LogP contribution >= 0.6 is 0 Å². The van der Waals surface area contributed by atoms with Gasteiger partial charge in [-0.05, 0) is 31.0 Å². The SMILES string of the molecule is Nc1ccc(S(N)(=O)=O)cc1NC1(C(F)(F)F)CC1. The Balaban J connectivity index is 2.36. The molecule has 0 bridgehead atoms. The Labute approximate surface area is 107 Å². The van der Waals surface area contributed by atoms with E-state index < -0.39 is 21.7 Å². The van der Waals surface area contributed by atoms with Gasteiger partial charge in [0.2, 0.25) is 10.0 Å². The second-order valence-electron chi connectivity index (χ2n) is 4.50. The third kappa shape index (κ3) is 2.61. The van der Waals surface area contributed by atoms with E-state index in [9.17, 15) is 21.6 Å². The first-order chi connectivity index (χ1) is 8.55. The van der Waals surface area contributed by atoms with E-state index in [1.807, 2.05) is 0 Å². The quantitative estimate of drug-likeness (QED) is 0.734. The molecule has 0 saturated heterocycles. The van der Waals surface area contributed by atoms with Crippen molar-refractivity contribution in [1.29, 1.82) is 0 Å². The Morgan fingerprint density at radius 1 is 1.26 bits per heavy atom. The summed E-state index contributed by atoms with van der Waals surface area (Å²) in [7, 11) is -3.99. The number of hydrogen-bond donors (Lipinski definition) is 3. The van der Waals surface area contributed by atoms with Gasteiger partial charge < -0.3 is 11.1 Å². The summed E-state index contributed by atoms with van der Waals surface area (Å²) < 4.78 is 60.7. The summed E-state index contributed by atoms with van der Waals surface area (Å²) in [5, 5.41) is 7.20. The van der Waals surface area contributed by atoms with Gasteiger partial charge in [0.1, 0.15) is 5.54 Å². The number of nitrogen functional groups attached to an aromatic ring is 1. The molecule has 0 radical (unpaired) electrons. The number of alkyl halides is 3. The zero-order valence-corrected chi connectivity index (χ0v) is 10.5. The molecule has 9 heteroatoms. The zero-order valence-electron chi connectivity index (χ0n) is 9.66. The van der Waals surface area contributed by atoms with Crippen molar-refractivity contribution in [1.82, 2.24) is 0 Å². The molecule has 106 valence electrons. The summed E-state index contributed by atoms with van der Waals surface area (Å²) >= 11 is 0. The Morgan fingerprint density at radius 3 is 2.26 bits per heavy atom. The number of anilines is 2. The predicted molar refractivity (Wildman–Crippen MR) is 63.9 cm³/mol. The monoisotopic (exact) mass is 295 g/mol. The molecular formula is C10H12F3N3O2S. The average molecular weight is 295 g/mol. The van der Waals surface area contributed by atoms with Crippen molar-refractivity contribution in [2.45, 2.75) is 29.5 Å². The lowest BCUT2D eigenvalue weighted by Crippen LogP contribution is -2.38. The lowest BCUT2D eigenvalue weighted by molar-refractivity contribution is -0.151. The van der Waals surface area contributed by atoms with E-state index in [2.05, 4.69) is 5.32 Å². The molecule has 1 aliphatic rings. The lowest BCUT2D eigenvalue weighted by atomic mass is 10.2. The molecule has 1 aliphatic carbocycles. The van der Waals surface area contributed by atoms with Crippen LogP contribution in [0.3, 0.4) is 0 Å². The van der Waals surface area contributed by atoms with E-state index in [1.165, 1.54) is 6.07 Å². The van der Waals surface area contributed by atoms with E-state index in [4.69, 9.17) is 10.9 Å². The van der Waals surface area contributed by atoms with Crippen molar-refractivity contribution in [3.8, 4) is 0 Å². The second-order valence-corrected chi connectivity index (χ2v) is 6.06. The first-order valence-electron chi connectivity index (χ1n) is 5.32. The van der Waals surface area contributed by atoms with Crippen LogP contribution in [0, 0.1) is 0 Å². The smallest absolute Gasteiger partial charge is 0.397 e. The van der Waals surface area contributed by atoms with Gasteiger partial charge in [0, 0.05) is 0 Å². The molecule has 0 aliphatic heterocycles. The van der Waals surface area contributed by atoms with Gasteiger partial charge in [-0.1, -0.05) is 0 Å². The van der Waals surface area contributed by atoms with Crippen LogP contribution in [-0.2, 0) is 10.0 Å². The summed E-state index contributed by atoms with van der Waals surface area (Å²) in [6, 6.07) is 3.36. The van der Waals surface area contributed by atoms with E-state index >= 15 is 0 Å². The number of hydrogen-bond acceptors (Lipinski definition) is 4. The van der Waals surface area contributed by atoms with Gasteiger partial charge in [0.15, 0.2) is 0 Å². The molecule has 0 heterocycles. The van der Waals surface area contributed by atoms with Gasteiger partial charge in [-0.15, -0.1) is 0 Å². The number of nitrogens with one attached hydrogen (secondary N) is 1. The third-order valence-electron chi connectivity index (χ3n) is 3.02. The van der Waals surface area contributed by atoms with E-state index in [1.54, 1.807) is 0 Å². The highest BCUT2D eigenvalue weighted by atomic mass is 32.2. The molecule has 5 nitrogen and oxygen atoms in total. The lowest BCUT2D eigenvalue weighted by Gasteiger charge is -2.23. The summed E-state index contributed by atoms with van der Waals surface area (Å²) in [4.78, 5) is -0.290. The largest absolute Gasteiger partial charge is 0.411 e. The van der Waals surface area contributed by atoms with Gasteiger partial charge in [-0.2, -0.15) is 13.2 Å². The van der Waals surface area contributed by atoms with Crippen LogP contribution in [0.15, 0.2) is 23.1 Å². The van der Waals surface area contributed by atoms with Crippen LogP contribution in [0.5, 0.6) is 0 Å². The van der Waals surface area contributed by atoms with Crippen LogP contribution < -0.4 is 16.2 Å². The molecule has 1 fully saturated rings.